The van der Waals surface area contributed by atoms with E-state index in [-0.39, 0.29) is 27.8 Å². The van der Waals surface area contributed by atoms with Crippen LogP contribution in [0.2, 0.25) is 0 Å². The molecule has 0 spiro atoms. The van der Waals surface area contributed by atoms with Crippen molar-refractivity contribution in [2.24, 2.45) is 0 Å². The number of carbonyl (C=O) groups is 1. The first-order valence-corrected chi connectivity index (χ1v) is 9.58. The maximum Gasteiger partial charge on any atom is 0.387 e. The summed E-state index contributed by atoms with van der Waals surface area (Å²) in [7, 11) is -3.92. The molecule has 1 amide bonds. The number of carbonyl (C=O) groups excluding carboxylic acids is 1. The standard InChI is InChI=1S/C18H14F2N4O4S/c19-17(20)28-15-5-2-1-4-14(15)16(25)23-12-6-8-13(9-7-12)29(26,27)24-18-21-10-3-11-22-18/h1-11,17H,(H,23,25)(H,21,22,24). The Kier molecular flexibility index (Phi) is 5.98. The number of rotatable bonds is 7. The monoisotopic (exact) mass is 420 g/mol. The molecule has 0 radical (unpaired) electrons. The molecule has 0 aliphatic carbocycles. The molecule has 8 nitrogen and oxygen atoms in total. The Balaban J connectivity index is 1.73. The predicted molar refractivity (Wildman–Crippen MR) is 100 cm³/mol. The van der Waals surface area contributed by atoms with E-state index < -0.39 is 22.5 Å². The van der Waals surface area contributed by atoms with Gasteiger partial charge in [0.05, 0.1) is 10.5 Å². The van der Waals surface area contributed by atoms with Gasteiger partial charge in [-0.25, -0.2) is 23.1 Å². The second-order valence-electron chi connectivity index (χ2n) is 5.53. The maximum absolute atomic E-state index is 12.5. The van der Waals surface area contributed by atoms with Gasteiger partial charge in [-0.2, -0.15) is 8.78 Å². The van der Waals surface area contributed by atoms with Crippen molar-refractivity contribution in [3.8, 4) is 5.75 Å². The van der Waals surface area contributed by atoms with Crippen LogP contribution >= 0.6 is 0 Å². The van der Waals surface area contributed by atoms with Crippen molar-refractivity contribution in [1.29, 1.82) is 0 Å². The highest BCUT2D eigenvalue weighted by molar-refractivity contribution is 7.92. The quantitative estimate of drug-likeness (QED) is 0.608. The Hall–Kier alpha value is -3.60. The van der Waals surface area contributed by atoms with Crippen LogP contribution in [0.3, 0.4) is 0 Å². The number of ether oxygens (including phenoxy) is 1. The van der Waals surface area contributed by atoms with Gasteiger partial charge < -0.3 is 10.1 Å². The summed E-state index contributed by atoms with van der Waals surface area (Å²) in [5.74, 6) is -1.04. The van der Waals surface area contributed by atoms with E-state index in [1.165, 1.54) is 60.9 Å². The van der Waals surface area contributed by atoms with E-state index in [2.05, 4.69) is 24.7 Å². The van der Waals surface area contributed by atoms with E-state index in [1.807, 2.05) is 0 Å². The first-order chi connectivity index (χ1) is 13.8. The number of anilines is 2. The van der Waals surface area contributed by atoms with Gasteiger partial charge in [-0.1, -0.05) is 12.1 Å². The summed E-state index contributed by atoms with van der Waals surface area (Å²) < 4.78 is 56.2. The van der Waals surface area contributed by atoms with Crippen LogP contribution < -0.4 is 14.8 Å². The van der Waals surface area contributed by atoms with Gasteiger partial charge >= 0.3 is 6.61 Å². The number of sulfonamides is 1. The molecule has 29 heavy (non-hydrogen) atoms. The Labute approximate surface area is 164 Å². The molecule has 0 atom stereocenters. The average molecular weight is 420 g/mol. The molecule has 3 aromatic rings. The molecular weight excluding hydrogens is 406 g/mol. The van der Waals surface area contributed by atoms with Crippen LogP contribution in [-0.4, -0.2) is 30.9 Å². The Bertz CT molecular complexity index is 1090. The number of hydrogen-bond donors (Lipinski definition) is 2. The number of hydrogen-bond acceptors (Lipinski definition) is 6. The average Bonchev–Trinajstić information content (AvgIpc) is 2.69. The van der Waals surface area contributed by atoms with E-state index in [0.717, 1.165) is 0 Å². The third-order valence-electron chi connectivity index (χ3n) is 3.56. The number of benzene rings is 2. The fraction of sp³-hybridized carbons (Fsp3) is 0.0556. The highest BCUT2D eigenvalue weighted by Crippen LogP contribution is 2.22. The van der Waals surface area contributed by atoms with Gasteiger partial charge in [-0.3, -0.25) is 4.79 Å². The second-order valence-corrected chi connectivity index (χ2v) is 7.21. The van der Waals surface area contributed by atoms with E-state index >= 15 is 0 Å². The third-order valence-corrected chi connectivity index (χ3v) is 4.91. The SMILES string of the molecule is O=C(Nc1ccc(S(=O)(=O)Nc2ncccn2)cc1)c1ccccc1OC(F)F. The largest absolute Gasteiger partial charge is 0.434 e. The number of nitrogens with zero attached hydrogens (tertiary/aromatic N) is 2. The topological polar surface area (TPSA) is 110 Å². The van der Waals surface area contributed by atoms with E-state index in [9.17, 15) is 22.0 Å². The lowest BCUT2D eigenvalue weighted by Crippen LogP contribution is -2.16. The normalized spacial score (nSPS) is 11.1. The first kappa shape index (κ1) is 20.1. The molecule has 2 aromatic carbocycles. The third kappa shape index (κ3) is 5.23. The Morgan fingerprint density at radius 1 is 0.966 bits per heavy atom. The minimum Gasteiger partial charge on any atom is -0.434 e. The number of halogens is 2. The van der Waals surface area contributed by atoms with E-state index in [0.29, 0.717) is 0 Å². The minimum absolute atomic E-state index is 0.0793. The maximum atomic E-state index is 12.5. The van der Waals surface area contributed by atoms with Crippen LogP contribution in [0.1, 0.15) is 10.4 Å². The molecule has 11 heteroatoms. The molecule has 1 aromatic heterocycles. The molecule has 0 saturated heterocycles. The molecule has 3 rings (SSSR count). The minimum atomic E-state index is -3.92. The number of nitrogens with one attached hydrogen (secondary N) is 2. The molecule has 0 bridgehead atoms. The summed E-state index contributed by atoms with van der Waals surface area (Å²) in [4.78, 5) is 19.8. The molecule has 0 unspecified atom stereocenters. The van der Waals surface area contributed by atoms with Gasteiger partial charge in [-0.05, 0) is 42.5 Å². The van der Waals surface area contributed by atoms with Gasteiger partial charge in [0.25, 0.3) is 15.9 Å². The van der Waals surface area contributed by atoms with Gasteiger partial charge in [0.1, 0.15) is 5.75 Å². The van der Waals surface area contributed by atoms with Crippen molar-refractivity contribution >= 4 is 27.6 Å². The molecular formula is C18H14F2N4O4S. The number of para-hydroxylation sites is 1. The van der Waals surface area contributed by atoms with Crippen LogP contribution in [0.15, 0.2) is 71.9 Å². The van der Waals surface area contributed by atoms with Crippen LogP contribution in [-0.2, 0) is 10.0 Å². The number of aromatic nitrogens is 2. The summed E-state index contributed by atoms with van der Waals surface area (Å²) >= 11 is 0. The molecule has 0 saturated carbocycles. The fourth-order valence-corrected chi connectivity index (χ4v) is 3.26. The van der Waals surface area contributed by atoms with Crippen molar-refractivity contribution in [1.82, 2.24) is 9.97 Å². The molecule has 0 aliphatic heterocycles. The molecule has 0 fully saturated rings. The van der Waals surface area contributed by atoms with Crippen LogP contribution in [0.25, 0.3) is 0 Å². The summed E-state index contributed by atoms with van der Waals surface area (Å²) in [6.45, 7) is -3.07. The van der Waals surface area contributed by atoms with Crippen molar-refractivity contribution in [2.45, 2.75) is 11.5 Å². The van der Waals surface area contributed by atoms with Crippen LogP contribution in [0.4, 0.5) is 20.4 Å². The van der Waals surface area contributed by atoms with Crippen LogP contribution in [0, 0.1) is 0 Å². The smallest absolute Gasteiger partial charge is 0.387 e. The van der Waals surface area contributed by atoms with Crippen molar-refractivity contribution < 1.29 is 26.7 Å². The fourth-order valence-electron chi connectivity index (χ4n) is 2.30. The van der Waals surface area contributed by atoms with Gasteiger partial charge in [0.15, 0.2) is 0 Å². The van der Waals surface area contributed by atoms with E-state index in [4.69, 9.17) is 0 Å². The molecule has 150 valence electrons. The molecule has 0 aliphatic rings. The first-order valence-electron chi connectivity index (χ1n) is 8.10. The molecule has 2 N–H and O–H groups in total. The zero-order chi connectivity index (χ0) is 20.9. The Morgan fingerprint density at radius 2 is 1.62 bits per heavy atom. The highest BCUT2D eigenvalue weighted by Gasteiger charge is 2.17. The van der Waals surface area contributed by atoms with Gasteiger partial charge in [0.2, 0.25) is 5.95 Å². The van der Waals surface area contributed by atoms with Crippen molar-refractivity contribution in [2.75, 3.05) is 10.0 Å². The van der Waals surface area contributed by atoms with Gasteiger partial charge in [0, 0.05) is 18.1 Å². The lowest BCUT2D eigenvalue weighted by atomic mass is 10.2. The lowest BCUT2D eigenvalue weighted by Gasteiger charge is -2.11. The summed E-state index contributed by atoms with van der Waals surface area (Å²) in [6.07, 6.45) is 2.78. The predicted octanol–water partition coefficient (Wildman–Crippen LogP) is 3.13. The van der Waals surface area contributed by atoms with E-state index in [1.54, 1.807) is 6.07 Å². The van der Waals surface area contributed by atoms with Crippen LogP contribution in [0.5, 0.6) is 5.75 Å². The lowest BCUT2D eigenvalue weighted by molar-refractivity contribution is -0.0501. The summed E-state index contributed by atoms with van der Waals surface area (Å²) in [5.41, 5.74) is 0.171. The zero-order valence-corrected chi connectivity index (χ0v) is 15.4. The second kappa shape index (κ2) is 8.61. The summed E-state index contributed by atoms with van der Waals surface area (Å²) in [6, 6.07) is 12.3. The number of alkyl halides is 2. The van der Waals surface area contributed by atoms with Crippen molar-refractivity contribution in [3.05, 3.63) is 72.6 Å². The molecule has 1 heterocycles. The number of amides is 1. The highest BCUT2D eigenvalue weighted by atomic mass is 32.2. The Morgan fingerprint density at radius 3 is 2.28 bits per heavy atom. The van der Waals surface area contributed by atoms with Crippen molar-refractivity contribution in [3.63, 3.8) is 0 Å². The summed E-state index contributed by atoms with van der Waals surface area (Å²) in [5, 5.41) is 2.50. The van der Waals surface area contributed by atoms with Gasteiger partial charge in [-0.15, -0.1) is 0 Å². The zero-order valence-electron chi connectivity index (χ0n) is 14.6.